The lowest BCUT2D eigenvalue weighted by Gasteiger charge is -2.12. The standard InChI is InChI=1S/C24H24N2O4S/c1-16-7-10-20(11-8-16)25-23(28)15-31-17(2)24(29)30-14-22(27)26-21-12-9-18-5-3-4-6-19(18)13-21/h3-13,17H,14-15H2,1-2H3,(H,25,28)(H,26,27). The quantitative estimate of drug-likeness (QED) is 0.512. The lowest BCUT2D eigenvalue weighted by molar-refractivity contribution is -0.146. The average Bonchev–Trinajstić information content (AvgIpc) is 2.77. The number of benzene rings is 3. The monoisotopic (exact) mass is 436 g/mol. The van der Waals surface area contributed by atoms with Gasteiger partial charge in [-0.3, -0.25) is 14.4 Å². The smallest absolute Gasteiger partial charge is 0.319 e. The summed E-state index contributed by atoms with van der Waals surface area (Å²) in [6.45, 7) is 3.23. The second kappa shape index (κ2) is 10.6. The summed E-state index contributed by atoms with van der Waals surface area (Å²) in [5.74, 6) is -1.06. The number of nitrogens with one attached hydrogen (secondary N) is 2. The zero-order valence-corrected chi connectivity index (χ0v) is 18.2. The topological polar surface area (TPSA) is 84.5 Å². The van der Waals surface area contributed by atoms with Gasteiger partial charge in [-0.25, -0.2) is 0 Å². The van der Waals surface area contributed by atoms with Crippen molar-refractivity contribution in [2.24, 2.45) is 0 Å². The zero-order chi connectivity index (χ0) is 22.2. The van der Waals surface area contributed by atoms with Gasteiger partial charge < -0.3 is 15.4 Å². The number of fused-ring (bicyclic) bond motifs is 1. The van der Waals surface area contributed by atoms with E-state index in [1.54, 1.807) is 13.0 Å². The number of aryl methyl sites for hydroxylation is 1. The first-order valence-electron chi connectivity index (χ1n) is 9.84. The van der Waals surface area contributed by atoms with E-state index in [0.29, 0.717) is 11.4 Å². The van der Waals surface area contributed by atoms with Crippen molar-refractivity contribution >= 4 is 51.7 Å². The Morgan fingerprint density at radius 3 is 2.26 bits per heavy atom. The van der Waals surface area contributed by atoms with E-state index in [0.717, 1.165) is 28.1 Å². The summed E-state index contributed by atoms with van der Waals surface area (Å²) >= 11 is 1.15. The number of amides is 2. The van der Waals surface area contributed by atoms with Crippen molar-refractivity contribution in [3.8, 4) is 0 Å². The lowest BCUT2D eigenvalue weighted by Crippen LogP contribution is -2.26. The highest BCUT2D eigenvalue weighted by Gasteiger charge is 2.18. The molecule has 0 aliphatic rings. The van der Waals surface area contributed by atoms with E-state index < -0.39 is 17.1 Å². The molecule has 2 N–H and O–H groups in total. The lowest BCUT2D eigenvalue weighted by atomic mass is 10.1. The molecule has 1 unspecified atom stereocenters. The van der Waals surface area contributed by atoms with Gasteiger partial charge in [-0.15, -0.1) is 11.8 Å². The molecule has 6 nitrogen and oxygen atoms in total. The van der Waals surface area contributed by atoms with Gasteiger partial charge in [0, 0.05) is 11.4 Å². The van der Waals surface area contributed by atoms with E-state index in [9.17, 15) is 14.4 Å². The molecule has 3 rings (SSSR count). The normalized spacial score (nSPS) is 11.5. The van der Waals surface area contributed by atoms with E-state index >= 15 is 0 Å². The van der Waals surface area contributed by atoms with Crippen LogP contribution in [-0.2, 0) is 19.1 Å². The van der Waals surface area contributed by atoms with Gasteiger partial charge in [0.2, 0.25) is 5.91 Å². The molecule has 2 amide bonds. The Balaban J connectivity index is 1.40. The number of carbonyl (C=O) groups excluding carboxylic acids is 3. The Hall–Kier alpha value is -3.32. The van der Waals surface area contributed by atoms with Crippen molar-refractivity contribution in [3.63, 3.8) is 0 Å². The molecule has 0 spiro atoms. The van der Waals surface area contributed by atoms with Crippen LogP contribution in [0.25, 0.3) is 10.8 Å². The molecule has 3 aromatic carbocycles. The van der Waals surface area contributed by atoms with Crippen LogP contribution in [0.3, 0.4) is 0 Å². The predicted octanol–water partition coefficient (Wildman–Crippen LogP) is 4.39. The summed E-state index contributed by atoms with van der Waals surface area (Å²) in [5.41, 5.74) is 2.44. The van der Waals surface area contributed by atoms with Gasteiger partial charge in [0.25, 0.3) is 5.91 Å². The van der Waals surface area contributed by atoms with Crippen LogP contribution in [0, 0.1) is 6.92 Å². The minimum atomic E-state index is -0.572. The molecule has 0 aromatic heterocycles. The van der Waals surface area contributed by atoms with E-state index in [1.807, 2.05) is 67.6 Å². The van der Waals surface area contributed by atoms with Gasteiger partial charge in [0.05, 0.1) is 5.75 Å². The van der Waals surface area contributed by atoms with Crippen LogP contribution in [-0.4, -0.2) is 35.4 Å². The Bertz CT molecular complexity index is 1080. The number of esters is 1. The Morgan fingerprint density at radius 1 is 0.871 bits per heavy atom. The summed E-state index contributed by atoms with van der Waals surface area (Å²) in [5, 5.41) is 7.01. The first-order valence-corrected chi connectivity index (χ1v) is 10.9. The van der Waals surface area contributed by atoms with Gasteiger partial charge in [-0.1, -0.05) is 48.0 Å². The molecule has 7 heteroatoms. The molecule has 0 aliphatic heterocycles. The number of carbonyl (C=O) groups is 3. The summed E-state index contributed by atoms with van der Waals surface area (Å²) in [6.07, 6.45) is 0. The van der Waals surface area contributed by atoms with Crippen LogP contribution >= 0.6 is 11.8 Å². The minimum Gasteiger partial charge on any atom is -0.455 e. The van der Waals surface area contributed by atoms with Crippen LogP contribution in [0.15, 0.2) is 66.7 Å². The molecule has 0 bridgehead atoms. The first-order chi connectivity index (χ1) is 14.9. The first kappa shape index (κ1) is 22.4. The molecule has 0 aliphatic carbocycles. The summed E-state index contributed by atoms with van der Waals surface area (Å²) < 4.78 is 5.09. The van der Waals surface area contributed by atoms with Crippen LogP contribution in [0.5, 0.6) is 0 Å². The number of hydrogen-bond donors (Lipinski definition) is 2. The predicted molar refractivity (Wildman–Crippen MR) is 125 cm³/mol. The van der Waals surface area contributed by atoms with E-state index in [2.05, 4.69) is 10.6 Å². The van der Waals surface area contributed by atoms with Crippen molar-refractivity contribution < 1.29 is 19.1 Å². The Morgan fingerprint density at radius 2 is 1.52 bits per heavy atom. The summed E-state index contributed by atoms with van der Waals surface area (Å²) in [7, 11) is 0. The second-order valence-electron chi connectivity index (χ2n) is 7.09. The maximum Gasteiger partial charge on any atom is 0.319 e. The van der Waals surface area contributed by atoms with E-state index in [-0.39, 0.29) is 18.3 Å². The molecule has 31 heavy (non-hydrogen) atoms. The van der Waals surface area contributed by atoms with Gasteiger partial charge in [0.15, 0.2) is 6.61 Å². The highest BCUT2D eigenvalue weighted by atomic mass is 32.2. The molecular formula is C24H24N2O4S. The Kier molecular flexibility index (Phi) is 7.67. The number of anilines is 2. The maximum atomic E-state index is 12.1. The minimum absolute atomic E-state index is 0.105. The largest absolute Gasteiger partial charge is 0.455 e. The fourth-order valence-corrected chi connectivity index (χ4v) is 3.50. The number of thioether (sulfide) groups is 1. The maximum absolute atomic E-state index is 12.1. The number of hydrogen-bond acceptors (Lipinski definition) is 5. The summed E-state index contributed by atoms with van der Waals surface area (Å²) in [4.78, 5) is 36.3. The van der Waals surface area contributed by atoms with Gasteiger partial charge in [0.1, 0.15) is 5.25 Å². The number of rotatable bonds is 8. The van der Waals surface area contributed by atoms with Crippen LogP contribution in [0.2, 0.25) is 0 Å². The molecule has 0 heterocycles. The molecule has 160 valence electrons. The highest BCUT2D eigenvalue weighted by molar-refractivity contribution is 8.01. The van der Waals surface area contributed by atoms with Crippen molar-refractivity contribution in [1.82, 2.24) is 0 Å². The third-order valence-electron chi connectivity index (χ3n) is 4.51. The molecule has 0 saturated heterocycles. The SMILES string of the molecule is Cc1ccc(NC(=O)CSC(C)C(=O)OCC(=O)Nc2ccc3ccccc3c2)cc1. The van der Waals surface area contributed by atoms with Crippen LogP contribution < -0.4 is 10.6 Å². The third-order valence-corrected chi connectivity index (χ3v) is 5.63. The average molecular weight is 437 g/mol. The molecule has 0 radical (unpaired) electrons. The van der Waals surface area contributed by atoms with E-state index in [4.69, 9.17) is 4.74 Å². The van der Waals surface area contributed by atoms with Crippen molar-refractivity contribution in [3.05, 3.63) is 72.3 Å². The molecule has 0 fully saturated rings. The summed E-state index contributed by atoms with van der Waals surface area (Å²) in [6, 6.07) is 20.9. The van der Waals surface area contributed by atoms with Crippen molar-refractivity contribution in [2.75, 3.05) is 23.0 Å². The van der Waals surface area contributed by atoms with Crippen molar-refractivity contribution in [1.29, 1.82) is 0 Å². The molecule has 3 aromatic rings. The molecular weight excluding hydrogens is 412 g/mol. The van der Waals surface area contributed by atoms with Crippen molar-refractivity contribution in [2.45, 2.75) is 19.1 Å². The van der Waals surface area contributed by atoms with E-state index in [1.165, 1.54) is 0 Å². The fourth-order valence-electron chi connectivity index (χ4n) is 2.82. The highest BCUT2D eigenvalue weighted by Crippen LogP contribution is 2.19. The Labute approximate surface area is 185 Å². The van der Waals surface area contributed by atoms with Crippen LogP contribution in [0.4, 0.5) is 11.4 Å². The fraction of sp³-hybridized carbons (Fsp3) is 0.208. The third kappa shape index (κ3) is 6.86. The van der Waals surface area contributed by atoms with Gasteiger partial charge >= 0.3 is 5.97 Å². The molecule has 1 atom stereocenters. The second-order valence-corrected chi connectivity index (χ2v) is 8.41. The number of ether oxygens (including phenoxy) is 1. The zero-order valence-electron chi connectivity index (χ0n) is 17.4. The molecule has 0 saturated carbocycles. The van der Waals surface area contributed by atoms with Gasteiger partial charge in [-0.05, 0) is 48.9 Å². The van der Waals surface area contributed by atoms with Crippen LogP contribution in [0.1, 0.15) is 12.5 Å². The van der Waals surface area contributed by atoms with Gasteiger partial charge in [-0.2, -0.15) is 0 Å².